The van der Waals surface area contributed by atoms with E-state index in [0.717, 1.165) is 28.4 Å². The maximum Gasteiger partial charge on any atom is 0.140 e. The van der Waals surface area contributed by atoms with Gasteiger partial charge in [-0.25, -0.2) is 0 Å². The molecule has 1 aliphatic carbocycles. The largest absolute Gasteiger partial charge is 0.508 e. The van der Waals surface area contributed by atoms with E-state index in [9.17, 15) is 20.4 Å². The molecule has 0 bridgehead atoms. The molecule has 1 fully saturated rings. The quantitative estimate of drug-likeness (QED) is 0.123. The first-order chi connectivity index (χ1) is 19.0. The highest BCUT2D eigenvalue weighted by Gasteiger charge is 2.36. The third-order valence-corrected chi connectivity index (χ3v) is 12.4. The molecule has 8 heteroatoms. The molecule has 1 saturated carbocycles. The van der Waals surface area contributed by atoms with Crippen molar-refractivity contribution in [3.63, 3.8) is 0 Å². The van der Waals surface area contributed by atoms with E-state index in [4.69, 9.17) is 0 Å². The molecule has 0 aromatic heterocycles. The molecule has 0 aliphatic heterocycles. The smallest absolute Gasteiger partial charge is 0.140 e. The highest BCUT2D eigenvalue weighted by Crippen LogP contribution is 2.51. The second kappa shape index (κ2) is 12.9. The van der Waals surface area contributed by atoms with Gasteiger partial charge in [0.2, 0.25) is 0 Å². The van der Waals surface area contributed by atoms with Crippen molar-refractivity contribution in [1.29, 1.82) is 0 Å². The molecule has 40 heavy (non-hydrogen) atoms. The molecule has 0 amide bonds. The Balaban J connectivity index is 0.000000189. The lowest BCUT2D eigenvalue weighted by Gasteiger charge is -2.39. The number of aryl methyl sites for hydroxylation is 2. The van der Waals surface area contributed by atoms with Crippen LogP contribution in [0.3, 0.4) is 0 Å². The van der Waals surface area contributed by atoms with Crippen LogP contribution in [0, 0.1) is 13.8 Å². The Morgan fingerprint density at radius 2 is 1.07 bits per heavy atom. The van der Waals surface area contributed by atoms with Crippen molar-refractivity contribution in [2.45, 2.75) is 51.4 Å². The Morgan fingerprint density at radius 3 is 1.57 bits per heavy atom. The number of aromatic hydroxyl groups is 4. The highest BCUT2D eigenvalue weighted by atomic mass is 79.9. The number of rotatable bonds is 3. The van der Waals surface area contributed by atoms with Gasteiger partial charge in [-0.15, -0.1) is 0 Å². The van der Waals surface area contributed by atoms with E-state index < -0.39 is 0 Å². The Labute approximate surface area is 268 Å². The molecular weight excluding hydrogens is 768 g/mol. The number of hydrogen-bond donors (Lipinski definition) is 4. The molecule has 210 valence electrons. The second-order valence-corrected chi connectivity index (χ2v) is 13.3. The number of phenols is 4. The molecule has 0 spiro atoms. The van der Waals surface area contributed by atoms with Crippen LogP contribution in [0.2, 0.25) is 0 Å². The minimum atomic E-state index is 0.00910. The van der Waals surface area contributed by atoms with Crippen LogP contribution in [-0.2, 0) is 5.41 Å². The fraction of sp³-hybridized carbons (Fsp3) is 0.250. The van der Waals surface area contributed by atoms with Crippen LogP contribution in [0.1, 0.15) is 54.4 Å². The van der Waals surface area contributed by atoms with E-state index in [1.54, 1.807) is 24.3 Å². The van der Waals surface area contributed by atoms with Crippen molar-refractivity contribution in [2.24, 2.45) is 0 Å². The fourth-order valence-corrected chi connectivity index (χ4v) is 7.67. The monoisotopic (exact) mass is 794 g/mol. The van der Waals surface area contributed by atoms with Crippen LogP contribution in [0.15, 0.2) is 78.6 Å². The van der Waals surface area contributed by atoms with Gasteiger partial charge in [0, 0.05) is 25.5 Å². The number of phenolic OH excluding ortho intramolecular Hbond substituents is 4. The summed E-state index contributed by atoms with van der Waals surface area (Å²) in [6.07, 6.45) is 5.98. The predicted octanol–water partition coefficient (Wildman–Crippen LogP) is 10.8. The zero-order valence-corrected chi connectivity index (χ0v) is 28.5. The van der Waals surface area contributed by atoms with Crippen LogP contribution in [0.4, 0.5) is 0 Å². The summed E-state index contributed by atoms with van der Waals surface area (Å²) in [7, 11) is 0. The van der Waals surface area contributed by atoms with E-state index in [1.807, 2.05) is 26.0 Å². The van der Waals surface area contributed by atoms with E-state index in [2.05, 4.69) is 88.0 Å². The Bertz CT molecular complexity index is 1460. The molecule has 0 radical (unpaired) electrons. The van der Waals surface area contributed by atoms with Crippen molar-refractivity contribution in [3.05, 3.63) is 101 Å². The number of halogens is 4. The normalized spacial score (nSPS) is 14.3. The van der Waals surface area contributed by atoms with Crippen molar-refractivity contribution in [1.82, 2.24) is 0 Å². The summed E-state index contributed by atoms with van der Waals surface area (Å²) >= 11 is 13.5. The SMILES string of the molecule is Cc1cc(C2(c3ccc(O)c(C)c3)CCCCC2)ccc1O.Oc1ccccc1-c1c(O)c(Br)c(Br)c(Br)c1Br. The van der Waals surface area contributed by atoms with Crippen LogP contribution < -0.4 is 0 Å². The second-order valence-electron chi connectivity index (χ2n) is 10.1. The van der Waals surface area contributed by atoms with Gasteiger partial charge in [-0.2, -0.15) is 0 Å². The standard InChI is InChI=1S/C20H24O2.C12H6Br4O2/c1-14-12-16(6-8-18(14)21)20(10-4-3-5-11-20)17-7-9-19(22)15(2)13-17;13-8-7(5-3-1-2-4-6(5)17)12(18)11(16)10(15)9(8)14/h6-9,12-13,21-22H,3-5,10-11H2,1-2H3;1-4,17-18H. The highest BCUT2D eigenvalue weighted by molar-refractivity contribution is 9.15. The summed E-state index contributed by atoms with van der Waals surface area (Å²) in [5.74, 6) is 0.876. The van der Waals surface area contributed by atoms with Gasteiger partial charge in [0.1, 0.15) is 23.0 Å². The van der Waals surface area contributed by atoms with E-state index in [0.29, 0.717) is 36.0 Å². The van der Waals surface area contributed by atoms with Crippen LogP contribution in [-0.4, -0.2) is 20.4 Å². The topological polar surface area (TPSA) is 80.9 Å². The third-order valence-electron chi connectivity index (χ3n) is 7.62. The Morgan fingerprint density at radius 1 is 0.575 bits per heavy atom. The zero-order valence-electron chi connectivity index (χ0n) is 22.1. The van der Waals surface area contributed by atoms with Crippen LogP contribution in [0.5, 0.6) is 23.0 Å². The van der Waals surface area contributed by atoms with Gasteiger partial charge in [0.05, 0.1) is 8.95 Å². The molecule has 4 nitrogen and oxygen atoms in total. The predicted molar refractivity (Wildman–Crippen MR) is 176 cm³/mol. The maximum absolute atomic E-state index is 10.2. The molecular formula is C32H30Br4O4. The summed E-state index contributed by atoms with van der Waals surface area (Å²) < 4.78 is 2.64. The van der Waals surface area contributed by atoms with Crippen molar-refractivity contribution in [3.8, 4) is 34.1 Å². The molecule has 4 aromatic rings. The van der Waals surface area contributed by atoms with Gasteiger partial charge in [-0.3, -0.25) is 0 Å². The molecule has 5 rings (SSSR count). The molecule has 4 N–H and O–H groups in total. The molecule has 0 atom stereocenters. The summed E-state index contributed by atoms with van der Waals surface area (Å²) in [4.78, 5) is 0. The van der Waals surface area contributed by atoms with E-state index >= 15 is 0 Å². The van der Waals surface area contributed by atoms with Crippen LogP contribution in [0.25, 0.3) is 11.1 Å². The first-order valence-corrected chi connectivity index (χ1v) is 16.1. The van der Waals surface area contributed by atoms with Gasteiger partial charge >= 0.3 is 0 Å². The minimum absolute atomic E-state index is 0.00910. The number of hydrogen-bond acceptors (Lipinski definition) is 4. The lowest BCUT2D eigenvalue weighted by molar-refractivity contribution is 0.344. The Hall–Kier alpha value is -2.00. The first kappa shape index (κ1) is 30.9. The van der Waals surface area contributed by atoms with Gasteiger partial charge < -0.3 is 20.4 Å². The average molecular weight is 798 g/mol. The lowest BCUT2D eigenvalue weighted by atomic mass is 9.65. The summed E-state index contributed by atoms with van der Waals surface area (Å²) in [6, 6.07) is 18.9. The molecule has 0 heterocycles. The number of para-hydroxylation sites is 1. The zero-order chi connectivity index (χ0) is 29.2. The van der Waals surface area contributed by atoms with Crippen molar-refractivity contribution in [2.75, 3.05) is 0 Å². The van der Waals surface area contributed by atoms with Gasteiger partial charge in [-0.1, -0.05) is 61.7 Å². The molecule has 4 aromatic carbocycles. The van der Waals surface area contributed by atoms with Crippen LogP contribution >= 0.6 is 63.7 Å². The summed E-state index contributed by atoms with van der Waals surface area (Å²) in [6.45, 7) is 3.91. The molecule has 0 unspecified atom stereocenters. The van der Waals surface area contributed by atoms with Gasteiger partial charge in [-0.05, 0) is 131 Å². The minimum Gasteiger partial charge on any atom is -0.508 e. The number of benzene rings is 4. The summed E-state index contributed by atoms with van der Waals surface area (Å²) in [5.41, 5.74) is 5.51. The van der Waals surface area contributed by atoms with Crippen molar-refractivity contribution >= 4 is 63.7 Å². The molecule has 1 aliphatic rings. The molecule has 0 saturated heterocycles. The fourth-order valence-electron chi connectivity index (χ4n) is 5.36. The lowest BCUT2D eigenvalue weighted by Crippen LogP contribution is -2.30. The first-order valence-electron chi connectivity index (χ1n) is 12.9. The maximum atomic E-state index is 10.2. The van der Waals surface area contributed by atoms with E-state index in [1.165, 1.54) is 30.4 Å². The Kier molecular flexibility index (Phi) is 9.97. The average Bonchev–Trinajstić information content (AvgIpc) is 2.95. The van der Waals surface area contributed by atoms with Gasteiger partial charge in [0.15, 0.2) is 0 Å². The van der Waals surface area contributed by atoms with E-state index in [-0.39, 0.29) is 16.9 Å². The third kappa shape index (κ3) is 6.10. The van der Waals surface area contributed by atoms with Gasteiger partial charge in [0.25, 0.3) is 0 Å². The summed E-state index contributed by atoms with van der Waals surface area (Å²) in [5, 5.41) is 39.8. The van der Waals surface area contributed by atoms with Crippen molar-refractivity contribution < 1.29 is 20.4 Å².